The Morgan fingerprint density at radius 3 is 2.61 bits per heavy atom. The zero-order chi connectivity index (χ0) is 13.1. The van der Waals surface area contributed by atoms with Gasteiger partial charge in [0, 0.05) is 24.7 Å². The normalized spacial score (nSPS) is 15.4. The van der Waals surface area contributed by atoms with Gasteiger partial charge in [0.05, 0.1) is 18.1 Å². The van der Waals surface area contributed by atoms with Crippen molar-refractivity contribution in [2.24, 2.45) is 0 Å². The second-order valence-electron chi connectivity index (χ2n) is 3.87. The van der Waals surface area contributed by atoms with Crippen molar-refractivity contribution in [1.29, 1.82) is 0 Å². The number of carbonyl (C=O) groups is 1. The number of benzene rings is 1. The summed E-state index contributed by atoms with van der Waals surface area (Å²) in [5.41, 5.74) is -0.173. The maximum absolute atomic E-state index is 12.0. The number of phenolic OH excluding ortho intramolecular Hbond substituents is 1. The lowest BCUT2D eigenvalue weighted by molar-refractivity contribution is -0.385. The third-order valence-electron chi connectivity index (χ3n) is 2.72. The molecule has 1 aliphatic rings. The Balaban J connectivity index is 2.20. The first-order valence-corrected chi connectivity index (χ1v) is 5.44. The Labute approximate surface area is 103 Å². The minimum Gasteiger partial charge on any atom is -0.502 e. The fourth-order valence-electron chi connectivity index (χ4n) is 1.76. The lowest BCUT2D eigenvalue weighted by Crippen LogP contribution is -2.40. The predicted molar refractivity (Wildman–Crippen MR) is 61.5 cm³/mol. The molecular weight excluding hydrogens is 240 g/mol. The van der Waals surface area contributed by atoms with Gasteiger partial charge in [0.25, 0.3) is 5.91 Å². The van der Waals surface area contributed by atoms with Gasteiger partial charge in [-0.05, 0) is 12.1 Å². The summed E-state index contributed by atoms with van der Waals surface area (Å²) in [5.74, 6) is -0.761. The third-order valence-corrected chi connectivity index (χ3v) is 2.72. The van der Waals surface area contributed by atoms with E-state index in [0.717, 1.165) is 12.1 Å². The summed E-state index contributed by atoms with van der Waals surface area (Å²) in [6.45, 7) is 1.92. The molecule has 0 radical (unpaired) electrons. The average molecular weight is 252 g/mol. The van der Waals surface area contributed by atoms with Crippen molar-refractivity contribution in [3.63, 3.8) is 0 Å². The van der Waals surface area contributed by atoms with E-state index in [1.54, 1.807) is 4.90 Å². The number of aromatic hydroxyl groups is 1. The molecule has 0 saturated carbocycles. The van der Waals surface area contributed by atoms with E-state index in [1.165, 1.54) is 6.07 Å². The molecule has 1 amide bonds. The van der Waals surface area contributed by atoms with Crippen LogP contribution in [-0.2, 0) is 4.74 Å². The van der Waals surface area contributed by atoms with Crippen molar-refractivity contribution in [3.05, 3.63) is 33.9 Å². The van der Waals surface area contributed by atoms with E-state index < -0.39 is 16.4 Å². The Morgan fingerprint density at radius 2 is 2.06 bits per heavy atom. The molecule has 0 unspecified atom stereocenters. The van der Waals surface area contributed by atoms with Crippen LogP contribution in [0.15, 0.2) is 18.2 Å². The second kappa shape index (κ2) is 5.01. The molecule has 0 bridgehead atoms. The predicted octanol–water partition coefficient (Wildman–Crippen LogP) is 0.773. The molecule has 1 aromatic rings. The summed E-state index contributed by atoms with van der Waals surface area (Å²) in [6.07, 6.45) is 0. The molecule has 0 atom stereocenters. The van der Waals surface area contributed by atoms with Gasteiger partial charge in [-0.15, -0.1) is 0 Å². The molecule has 7 heteroatoms. The second-order valence-corrected chi connectivity index (χ2v) is 3.87. The van der Waals surface area contributed by atoms with Crippen LogP contribution in [0, 0.1) is 10.1 Å². The summed E-state index contributed by atoms with van der Waals surface area (Å²) in [4.78, 5) is 23.5. The van der Waals surface area contributed by atoms with Crippen molar-refractivity contribution >= 4 is 11.6 Å². The fraction of sp³-hybridized carbons (Fsp3) is 0.364. The minimum absolute atomic E-state index is 0.236. The van der Waals surface area contributed by atoms with Crippen LogP contribution < -0.4 is 0 Å². The Kier molecular flexibility index (Phi) is 3.42. The van der Waals surface area contributed by atoms with E-state index in [2.05, 4.69) is 0 Å². The van der Waals surface area contributed by atoms with Crippen LogP contribution in [0.3, 0.4) is 0 Å². The highest BCUT2D eigenvalue weighted by Gasteiger charge is 2.21. The molecule has 7 nitrogen and oxygen atoms in total. The largest absolute Gasteiger partial charge is 0.502 e. The maximum Gasteiger partial charge on any atom is 0.310 e. The zero-order valence-corrected chi connectivity index (χ0v) is 9.54. The first-order valence-electron chi connectivity index (χ1n) is 5.44. The average Bonchev–Trinajstić information content (AvgIpc) is 2.38. The molecule has 0 aliphatic carbocycles. The van der Waals surface area contributed by atoms with E-state index in [1.807, 2.05) is 0 Å². The van der Waals surface area contributed by atoms with Crippen molar-refractivity contribution in [2.45, 2.75) is 0 Å². The number of hydrogen-bond donors (Lipinski definition) is 1. The number of nitrogens with zero attached hydrogens (tertiary/aromatic N) is 2. The summed E-state index contributed by atoms with van der Waals surface area (Å²) in [5, 5.41) is 20.0. The molecule has 1 aliphatic heterocycles. The number of carbonyl (C=O) groups excluding carboxylic acids is 1. The number of ether oxygens (including phenoxy) is 1. The Morgan fingerprint density at radius 1 is 1.39 bits per heavy atom. The van der Waals surface area contributed by atoms with Crippen molar-refractivity contribution in [1.82, 2.24) is 4.90 Å². The van der Waals surface area contributed by atoms with Crippen molar-refractivity contribution in [3.8, 4) is 5.75 Å². The number of amides is 1. The van der Waals surface area contributed by atoms with Gasteiger partial charge in [-0.25, -0.2) is 0 Å². The lowest BCUT2D eigenvalue weighted by Gasteiger charge is -2.26. The number of morpholine rings is 1. The molecule has 1 saturated heterocycles. The molecule has 2 rings (SSSR count). The van der Waals surface area contributed by atoms with Crippen LogP contribution in [0.2, 0.25) is 0 Å². The van der Waals surface area contributed by atoms with Crippen molar-refractivity contribution < 1.29 is 19.6 Å². The van der Waals surface area contributed by atoms with Crippen LogP contribution in [-0.4, -0.2) is 47.1 Å². The number of nitro benzene ring substituents is 1. The van der Waals surface area contributed by atoms with Gasteiger partial charge in [-0.1, -0.05) is 0 Å². The van der Waals surface area contributed by atoms with Gasteiger partial charge in [0.2, 0.25) is 0 Å². The summed E-state index contributed by atoms with van der Waals surface area (Å²) < 4.78 is 5.13. The molecule has 0 aromatic heterocycles. The molecule has 0 spiro atoms. The smallest absolute Gasteiger partial charge is 0.310 e. The van der Waals surface area contributed by atoms with E-state index in [0.29, 0.717) is 26.3 Å². The standard InChI is InChI=1S/C11H12N2O5/c14-10-7-8(1-2-9(10)13(16)17)11(15)12-3-5-18-6-4-12/h1-2,7,14H,3-6H2. The number of hydrogen-bond acceptors (Lipinski definition) is 5. The highest BCUT2D eigenvalue weighted by Crippen LogP contribution is 2.26. The van der Waals surface area contributed by atoms with Crippen LogP contribution in [0.4, 0.5) is 5.69 Å². The Hall–Kier alpha value is -2.15. The monoisotopic (exact) mass is 252 g/mol. The van der Waals surface area contributed by atoms with Gasteiger partial charge in [-0.2, -0.15) is 0 Å². The fourth-order valence-corrected chi connectivity index (χ4v) is 1.76. The first kappa shape index (κ1) is 12.3. The van der Waals surface area contributed by atoms with Crippen LogP contribution in [0.5, 0.6) is 5.75 Å². The van der Waals surface area contributed by atoms with Gasteiger partial charge in [0.1, 0.15) is 0 Å². The van der Waals surface area contributed by atoms with Crippen LogP contribution >= 0.6 is 0 Å². The SMILES string of the molecule is O=C(c1ccc([N+](=O)[O-])c(O)c1)N1CCOCC1. The molecule has 1 N–H and O–H groups in total. The zero-order valence-electron chi connectivity index (χ0n) is 9.54. The van der Waals surface area contributed by atoms with Gasteiger partial charge < -0.3 is 14.7 Å². The van der Waals surface area contributed by atoms with Crippen LogP contribution in [0.25, 0.3) is 0 Å². The first-order chi connectivity index (χ1) is 8.59. The highest BCUT2D eigenvalue weighted by molar-refractivity contribution is 5.95. The van der Waals surface area contributed by atoms with Crippen LogP contribution in [0.1, 0.15) is 10.4 Å². The topological polar surface area (TPSA) is 92.9 Å². The highest BCUT2D eigenvalue weighted by atomic mass is 16.6. The number of nitro groups is 1. The third kappa shape index (κ3) is 2.40. The molecule has 96 valence electrons. The molecule has 1 aromatic carbocycles. The molecular formula is C11H12N2O5. The summed E-state index contributed by atoms with van der Waals surface area (Å²) in [6, 6.07) is 3.59. The maximum atomic E-state index is 12.0. The lowest BCUT2D eigenvalue weighted by atomic mass is 10.1. The molecule has 1 heterocycles. The van der Waals surface area contributed by atoms with E-state index in [9.17, 15) is 20.0 Å². The van der Waals surface area contributed by atoms with E-state index in [-0.39, 0.29) is 11.5 Å². The van der Waals surface area contributed by atoms with E-state index in [4.69, 9.17) is 4.74 Å². The Bertz CT molecular complexity index is 482. The molecule has 1 fully saturated rings. The number of rotatable bonds is 2. The quantitative estimate of drug-likeness (QED) is 0.620. The minimum atomic E-state index is -0.696. The summed E-state index contributed by atoms with van der Waals surface area (Å²) >= 11 is 0. The van der Waals surface area contributed by atoms with Crippen molar-refractivity contribution in [2.75, 3.05) is 26.3 Å². The van der Waals surface area contributed by atoms with E-state index >= 15 is 0 Å². The van der Waals surface area contributed by atoms with Gasteiger partial charge in [-0.3, -0.25) is 14.9 Å². The molecule has 18 heavy (non-hydrogen) atoms. The number of phenols is 1. The van der Waals surface area contributed by atoms with Gasteiger partial charge in [0.15, 0.2) is 5.75 Å². The summed E-state index contributed by atoms with van der Waals surface area (Å²) in [7, 11) is 0. The van der Waals surface area contributed by atoms with Gasteiger partial charge >= 0.3 is 5.69 Å².